The van der Waals surface area contributed by atoms with Crippen LogP contribution in [0.3, 0.4) is 0 Å². The summed E-state index contributed by atoms with van der Waals surface area (Å²) in [6.07, 6.45) is 2.99. The Labute approximate surface area is 240 Å². The molecule has 6 rings (SSSR count). The van der Waals surface area contributed by atoms with Crippen LogP contribution in [-0.4, -0.2) is 35.0 Å². The van der Waals surface area contributed by atoms with Gasteiger partial charge < -0.3 is 20.1 Å². The summed E-state index contributed by atoms with van der Waals surface area (Å²) in [6.45, 7) is 11.6. The molecule has 0 spiro atoms. The van der Waals surface area contributed by atoms with Crippen molar-refractivity contribution in [2.24, 2.45) is 21.7 Å². The Morgan fingerprint density at radius 3 is 1.22 bits per heavy atom. The van der Waals surface area contributed by atoms with E-state index in [1.54, 1.807) is 0 Å². The van der Waals surface area contributed by atoms with Crippen LogP contribution in [-0.2, 0) is 35.1 Å². The molecule has 8 heteroatoms. The van der Waals surface area contributed by atoms with Gasteiger partial charge in [-0.2, -0.15) is 0 Å². The molecule has 0 unspecified atom stereocenters. The number of esters is 2. The van der Waals surface area contributed by atoms with Gasteiger partial charge in [-0.3, -0.25) is 19.2 Å². The molecule has 4 bridgehead atoms. The molecule has 2 saturated heterocycles. The Hall–Kier alpha value is -3.68. The second-order valence-corrected chi connectivity index (χ2v) is 13.8. The van der Waals surface area contributed by atoms with Crippen molar-refractivity contribution in [1.29, 1.82) is 0 Å². The summed E-state index contributed by atoms with van der Waals surface area (Å²) in [7, 11) is 0. The fourth-order valence-electron chi connectivity index (χ4n) is 7.61. The molecule has 2 heterocycles. The standard InChI is InChI=1S/C33H38N2O6/c1-28(2)30(5)15-17-32(28,40-26(30)38)24(36)34-22-11-7-20(8-12-22)19-21-9-13-23(14-10-21)35-25(37)33-18-16-31(6,27(39)41-33)29(33,3)4/h7-14H,15-19H2,1-6H3,(H,34,36)(H,35,37)/t30-,31-,32+,33+/m0/s1. The topological polar surface area (TPSA) is 111 Å². The lowest BCUT2D eigenvalue weighted by atomic mass is 9.66. The van der Waals surface area contributed by atoms with Gasteiger partial charge in [0.15, 0.2) is 11.2 Å². The molecule has 2 N–H and O–H groups in total. The van der Waals surface area contributed by atoms with Crippen molar-refractivity contribution in [3.8, 4) is 0 Å². The number of hydrogen-bond acceptors (Lipinski definition) is 6. The molecule has 2 saturated carbocycles. The van der Waals surface area contributed by atoms with Crippen molar-refractivity contribution in [1.82, 2.24) is 0 Å². The Kier molecular flexibility index (Phi) is 5.65. The summed E-state index contributed by atoms with van der Waals surface area (Å²) in [6, 6.07) is 15.3. The average Bonchev–Trinajstić information content (AvgIpc) is 3.39. The number of fused-ring (bicyclic) bond motifs is 4. The van der Waals surface area contributed by atoms with Gasteiger partial charge in [0.1, 0.15) is 0 Å². The maximum absolute atomic E-state index is 13.3. The fraction of sp³-hybridized carbons (Fsp3) is 0.515. The fourth-order valence-corrected chi connectivity index (χ4v) is 7.61. The van der Waals surface area contributed by atoms with E-state index in [1.807, 2.05) is 90.1 Å². The highest BCUT2D eigenvalue weighted by molar-refractivity contribution is 6.04. The van der Waals surface area contributed by atoms with Crippen LogP contribution in [0.4, 0.5) is 11.4 Å². The quantitative estimate of drug-likeness (QED) is 0.460. The molecule has 41 heavy (non-hydrogen) atoms. The summed E-state index contributed by atoms with van der Waals surface area (Å²) in [5, 5.41) is 5.94. The molecule has 4 aliphatic rings. The molecular weight excluding hydrogens is 520 g/mol. The average molecular weight is 559 g/mol. The molecule has 216 valence electrons. The zero-order valence-corrected chi connectivity index (χ0v) is 24.6. The van der Waals surface area contributed by atoms with Crippen LogP contribution >= 0.6 is 0 Å². The minimum Gasteiger partial charge on any atom is -0.448 e. The van der Waals surface area contributed by atoms with Crippen LogP contribution < -0.4 is 10.6 Å². The monoisotopic (exact) mass is 558 g/mol. The number of hydrogen-bond donors (Lipinski definition) is 2. The normalized spacial score (nSPS) is 33.8. The molecule has 2 aliphatic heterocycles. The summed E-state index contributed by atoms with van der Waals surface area (Å²) in [4.78, 5) is 51.7. The number of carbonyl (C=O) groups excluding carboxylic acids is 4. The molecule has 0 radical (unpaired) electrons. The largest absolute Gasteiger partial charge is 0.448 e. The zero-order valence-electron chi connectivity index (χ0n) is 24.6. The maximum Gasteiger partial charge on any atom is 0.313 e. The number of ether oxygens (including phenoxy) is 2. The predicted molar refractivity (Wildman–Crippen MR) is 153 cm³/mol. The van der Waals surface area contributed by atoms with Gasteiger partial charge in [0.2, 0.25) is 0 Å². The molecule has 2 aliphatic carbocycles. The van der Waals surface area contributed by atoms with E-state index in [9.17, 15) is 19.2 Å². The van der Waals surface area contributed by atoms with Crippen molar-refractivity contribution in [3.05, 3.63) is 59.7 Å². The lowest BCUT2D eigenvalue weighted by Crippen LogP contribution is -2.50. The van der Waals surface area contributed by atoms with E-state index in [-0.39, 0.29) is 23.8 Å². The van der Waals surface area contributed by atoms with Gasteiger partial charge in [0.05, 0.1) is 10.8 Å². The predicted octanol–water partition coefficient (Wildman–Crippen LogP) is 5.40. The van der Waals surface area contributed by atoms with Crippen LogP contribution in [0, 0.1) is 21.7 Å². The molecule has 4 fully saturated rings. The summed E-state index contributed by atoms with van der Waals surface area (Å²) < 4.78 is 11.4. The van der Waals surface area contributed by atoms with Crippen molar-refractivity contribution >= 4 is 35.1 Å². The Balaban J connectivity index is 1.08. The van der Waals surface area contributed by atoms with Gasteiger partial charge in [-0.25, -0.2) is 0 Å². The summed E-state index contributed by atoms with van der Waals surface area (Å²) in [5.41, 5.74) is -1.38. The molecule has 2 aromatic carbocycles. The van der Waals surface area contributed by atoms with Gasteiger partial charge in [0, 0.05) is 22.2 Å². The van der Waals surface area contributed by atoms with E-state index in [0.717, 1.165) is 11.1 Å². The highest BCUT2D eigenvalue weighted by Gasteiger charge is 2.76. The van der Waals surface area contributed by atoms with Crippen LogP contribution in [0.25, 0.3) is 0 Å². The van der Waals surface area contributed by atoms with Crippen molar-refractivity contribution < 1.29 is 28.7 Å². The third-order valence-corrected chi connectivity index (χ3v) is 11.7. The summed E-state index contributed by atoms with van der Waals surface area (Å²) in [5.74, 6) is -1.14. The number of carbonyl (C=O) groups is 4. The molecule has 2 amide bonds. The molecule has 0 aromatic heterocycles. The van der Waals surface area contributed by atoms with Gasteiger partial charge in [0.25, 0.3) is 11.8 Å². The smallest absolute Gasteiger partial charge is 0.313 e. The first kappa shape index (κ1) is 27.5. The van der Waals surface area contributed by atoms with Gasteiger partial charge in [-0.1, -0.05) is 52.0 Å². The van der Waals surface area contributed by atoms with E-state index in [2.05, 4.69) is 10.6 Å². The van der Waals surface area contributed by atoms with Gasteiger partial charge >= 0.3 is 11.9 Å². The minimum atomic E-state index is -1.15. The van der Waals surface area contributed by atoms with Crippen LogP contribution in [0.15, 0.2) is 48.5 Å². The molecule has 8 nitrogen and oxygen atoms in total. The van der Waals surface area contributed by atoms with Crippen LogP contribution in [0.1, 0.15) is 78.4 Å². The van der Waals surface area contributed by atoms with Gasteiger partial charge in [-0.05, 0) is 81.3 Å². The van der Waals surface area contributed by atoms with E-state index < -0.39 is 32.9 Å². The Morgan fingerprint density at radius 2 is 0.951 bits per heavy atom. The molecule has 4 atom stereocenters. The number of benzene rings is 2. The van der Waals surface area contributed by atoms with Crippen molar-refractivity contribution in [3.63, 3.8) is 0 Å². The third-order valence-electron chi connectivity index (χ3n) is 11.7. The maximum atomic E-state index is 13.3. The molecular formula is C33H38N2O6. The third kappa shape index (κ3) is 3.39. The Bertz CT molecular complexity index is 1370. The van der Waals surface area contributed by atoms with E-state index >= 15 is 0 Å². The van der Waals surface area contributed by atoms with E-state index in [0.29, 0.717) is 43.5 Å². The van der Waals surface area contributed by atoms with E-state index in [4.69, 9.17) is 9.47 Å². The highest BCUT2D eigenvalue weighted by Crippen LogP contribution is 2.66. The number of anilines is 2. The van der Waals surface area contributed by atoms with E-state index in [1.165, 1.54) is 0 Å². The van der Waals surface area contributed by atoms with Crippen LogP contribution in [0.5, 0.6) is 0 Å². The zero-order chi connectivity index (χ0) is 29.6. The molecule has 2 aromatic rings. The number of amides is 2. The first-order valence-electron chi connectivity index (χ1n) is 14.4. The lowest BCUT2D eigenvalue weighted by molar-refractivity contribution is -0.166. The van der Waals surface area contributed by atoms with Crippen molar-refractivity contribution in [2.75, 3.05) is 10.6 Å². The van der Waals surface area contributed by atoms with Gasteiger partial charge in [-0.15, -0.1) is 0 Å². The van der Waals surface area contributed by atoms with Crippen LogP contribution in [0.2, 0.25) is 0 Å². The first-order valence-corrected chi connectivity index (χ1v) is 14.4. The first-order chi connectivity index (χ1) is 19.1. The minimum absolute atomic E-state index is 0.278. The summed E-state index contributed by atoms with van der Waals surface area (Å²) >= 11 is 0. The van der Waals surface area contributed by atoms with Crippen molar-refractivity contribution in [2.45, 2.75) is 84.8 Å². The highest BCUT2D eigenvalue weighted by atomic mass is 16.6. The number of nitrogens with one attached hydrogen (secondary N) is 2. The number of rotatable bonds is 6. The second-order valence-electron chi connectivity index (χ2n) is 13.8. The SMILES string of the molecule is CC1(C)[C@@]2(C)CC[C@]1(C(=O)Nc1ccc(Cc3ccc(NC(=O)[C@@]45CC[C@@](C)(C(=O)O4)C5(C)C)cc3)cc1)OC2=O. The second kappa shape index (κ2) is 8.43. The Morgan fingerprint density at radius 1 is 0.610 bits per heavy atom. The lowest BCUT2D eigenvalue weighted by Gasteiger charge is -2.35.